The summed E-state index contributed by atoms with van der Waals surface area (Å²) in [5, 5.41) is 8.52. The van der Waals surface area contributed by atoms with Gasteiger partial charge in [-0.3, -0.25) is 4.79 Å². The minimum Gasteiger partial charge on any atom is -0.356 e. The number of rotatable bonds is 4. The SMILES string of the molecule is O=C(Nc1cc(N2CCCC2)ncn1)c1cc(-c2cccs2)on1. The second kappa shape index (κ2) is 6.40. The summed E-state index contributed by atoms with van der Waals surface area (Å²) in [7, 11) is 0. The zero-order valence-electron chi connectivity index (χ0n) is 12.8. The van der Waals surface area contributed by atoms with Crippen molar-refractivity contribution in [3.8, 4) is 10.6 Å². The van der Waals surface area contributed by atoms with Crippen molar-refractivity contribution < 1.29 is 9.32 Å². The molecule has 3 aromatic heterocycles. The van der Waals surface area contributed by atoms with Gasteiger partial charge < -0.3 is 14.7 Å². The molecular formula is C16H15N5O2S. The summed E-state index contributed by atoms with van der Waals surface area (Å²) in [6.45, 7) is 1.97. The number of hydrogen-bond donors (Lipinski definition) is 1. The lowest BCUT2D eigenvalue weighted by Crippen LogP contribution is -2.20. The summed E-state index contributed by atoms with van der Waals surface area (Å²) in [4.78, 5) is 23.8. The maximum absolute atomic E-state index is 12.3. The standard InChI is InChI=1S/C16H15N5O2S/c22-16(11-8-12(23-20-11)13-4-3-7-24-13)19-14-9-15(18-10-17-14)21-5-1-2-6-21/h3-4,7-10H,1-2,5-6H2,(H,17,18,19,22). The number of nitrogens with one attached hydrogen (secondary N) is 1. The van der Waals surface area contributed by atoms with Gasteiger partial charge in [-0.05, 0) is 24.3 Å². The average molecular weight is 341 g/mol. The van der Waals surface area contributed by atoms with Crippen LogP contribution in [0.1, 0.15) is 23.3 Å². The molecule has 1 amide bonds. The van der Waals surface area contributed by atoms with Crippen LogP contribution in [0.4, 0.5) is 11.6 Å². The van der Waals surface area contributed by atoms with E-state index in [9.17, 15) is 4.79 Å². The fraction of sp³-hybridized carbons (Fsp3) is 0.250. The Kier molecular flexibility index (Phi) is 3.96. The number of hydrogen-bond acceptors (Lipinski definition) is 7. The van der Waals surface area contributed by atoms with E-state index in [1.807, 2.05) is 17.5 Å². The quantitative estimate of drug-likeness (QED) is 0.785. The number of carbonyl (C=O) groups excluding carboxylic acids is 1. The average Bonchev–Trinajstić information content (AvgIpc) is 3.36. The van der Waals surface area contributed by atoms with E-state index >= 15 is 0 Å². The maximum Gasteiger partial charge on any atom is 0.279 e. The normalized spacial score (nSPS) is 14.1. The van der Waals surface area contributed by atoms with Gasteiger partial charge in [0.25, 0.3) is 5.91 Å². The van der Waals surface area contributed by atoms with Crippen LogP contribution in [0.2, 0.25) is 0 Å². The van der Waals surface area contributed by atoms with Gasteiger partial charge in [-0.2, -0.15) is 0 Å². The lowest BCUT2D eigenvalue weighted by atomic mass is 10.3. The smallest absolute Gasteiger partial charge is 0.279 e. The van der Waals surface area contributed by atoms with Crippen LogP contribution in [0.25, 0.3) is 10.6 Å². The molecule has 24 heavy (non-hydrogen) atoms. The zero-order chi connectivity index (χ0) is 16.4. The highest BCUT2D eigenvalue weighted by atomic mass is 32.1. The maximum atomic E-state index is 12.3. The van der Waals surface area contributed by atoms with E-state index in [0.29, 0.717) is 11.6 Å². The third-order valence-electron chi connectivity index (χ3n) is 3.83. The van der Waals surface area contributed by atoms with E-state index in [4.69, 9.17) is 4.52 Å². The van der Waals surface area contributed by atoms with Crippen molar-refractivity contribution in [1.29, 1.82) is 0 Å². The largest absolute Gasteiger partial charge is 0.356 e. The molecule has 4 heterocycles. The molecule has 7 nitrogen and oxygen atoms in total. The minimum atomic E-state index is -0.354. The van der Waals surface area contributed by atoms with Gasteiger partial charge in [-0.25, -0.2) is 9.97 Å². The zero-order valence-corrected chi connectivity index (χ0v) is 13.6. The van der Waals surface area contributed by atoms with E-state index in [-0.39, 0.29) is 11.6 Å². The minimum absolute atomic E-state index is 0.222. The Balaban J connectivity index is 1.49. The molecule has 0 aromatic carbocycles. The van der Waals surface area contributed by atoms with Crippen LogP contribution in [-0.2, 0) is 0 Å². The highest BCUT2D eigenvalue weighted by Crippen LogP contribution is 2.25. The predicted molar refractivity (Wildman–Crippen MR) is 91.2 cm³/mol. The van der Waals surface area contributed by atoms with Gasteiger partial charge in [0.15, 0.2) is 11.5 Å². The van der Waals surface area contributed by atoms with Gasteiger partial charge in [-0.1, -0.05) is 11.2 Å². The molecule has 0 saturated carbocycles. The molecule has 0 aliphatic carbocycles. The molecule has 122 valence electrons. The van der Waals surface area contributed by atoms with Crippen LogP contribution < -0.4 is 10.2 Å². The van der Waals surface area contributed by atoms with Gasteiger partial charge in [0, 0.05) is 25.2 Å². The fourth-order valence-corrected chi connectivity index (χ4v) is 3.31. The summed E-state index contributed by atoms with van der Waals surface area (Å²) in [6.07, 6.45) is 3.79. The monoisotopic (exact) mass is 341 g/mol. The van der Waals surface area contributed by atoms with E-state index in [2.05, 4.69) is 25.3 Å². The molecule has 0 bridgehead atoms. The van der Waals surface area contributed by atoms with Crippen LogP contribution in [0.5, 0.6) is 0 Å². The fourth-order valence-electron chi connectivity index (χ4n) is 2.63. The van der Waals surface area contributed by atoms with Crippen molar-refractivity contribution in [2.45, 2.75) is 12.8 Å². The Bertz CT molecular complexity index is 840. The van der Waals surface area contributed by atoms with Crippen molar-refractivity contribution in [2.75, 3.05) is 23.3 Å². The summed E-state index contributed by atoms with van der Waals surface area (Å²) in [5.74, 6) is 1.51. The first-order valence-corrected chi connectivity index (χ1v) is 8.56. The lowest BCUT2D eigenvalue weighted by molar-refractivity contribution is 0.101. The van der Waals surface area contributed by atoms with E-state index < -0.39 is 0 Å². The number of carbonyl (C=O) groups is 1. The van der Waals surface area contributed by atoms with Crippen LogP contribution in [0.15, 0.2) is 40.5 Å². The van der Waals surface area contributed by atoms with Crippen molar-refractivity contribution in [1.82, 2.24) is 15.1 Å². The Morgan fingerprint density at radius 2 is 2.12 bits per heavy atom. The molecule has 0 radical (unpaired) electrons. The van der Waals surface area contributed by atoms with Crippen LogP contribution in [-0.4, -0.2) is 34.1 Å². The summed E-state index contributed by atoms with van der Waals surface area (Å²) < 4.78 is 5.23. The van der Waals surface area contributed by atoms with Gasteiger partial charge in [0.05, 0.1) is 4.88 Å². The molecule has 1 N–H and O–H groups in total. The topological polar surface area (TPSA) is 84.2 Å². The Morgan fingerprint density at radius 1 is 1.25 bits per heavy atom. The highest BCUT2D eigenvalue weighted by molar-refractivity contribution is 7.13. The van der Waals surface area contributed by atoms with Gasteiger partial charge >= 0.3 is 0 Å². The number of anilines is 2. The van der Waals surface area contributed by atoms with E-state index in [1.54, 1.807) is 12.1 Å². The Morgan fingerprint density at radius 3 is 2.92 bits per heavy atom. The van der Waals surface area contributed by atoms with E-state index in [0.717, 1.165) is 36.6 Å². The first kappa shape index (κ1) is 14.8. The number of thiophene rings is 1. The van der Waals surface area contributed by atoms with Gasteiger partial charge in [0.2, 0.25) is 0 Å². The Hall–Kier alpha value is -2.74. The van der Waals surface area contributed by atoms with Crippen molar-refractivity contribution >= 4 is 28.9 Å². The first-order chi connectivity index (χ1) is 11.8. The van der Waals surface area contributed by atoms with Crippen molar-refractivity contribution in [3.63, 3.8) is 0 Å². The van der Waals surface area contributed by atoms with Gasteiger partial charge in [0.1, 0.15) is 18.0 Å². The molecule has 4 rings (SSSR count). The number of amides is 1. The van der Waals surface area contributed by atoms with Crippen molar-refractivity contribution in [2.24, 2.45) is 0 Å². The summed E-state index contributed by atoms with van der Waals surface area (Å²) in [5.41, 5.74) is 0.222. The molecule has 1 aliphatic heterocycles. The number of aromatic nitrogens is 3. The number of nitrogens with zero attached hydrogens (tertiary/aromatic N) is 4. The van der Waals surface area contributed by atoms with Crippen molar-refractivity contribution in [3.05, 3.63) is 41.7 Å². The molecular weight excluding hydrogens is 326 g/mol. The molecule has 1 fully saturated rings. The third-order valence-corrected chi connectivity index (χ3v) is 4.72. The molecule has 0 unspecified atom stereocenters. The molecule has 0 atom stereocenters. The molecule has 3 aromatic rings. The predicted octanol–water partition coefficient (Wildman–Crippen LogP) is 3.05. The van der Waals surface area contributed by atoms with Crippen LogP contribution in [0, 0.1) is 0 Å². The third kappa shape index (κ3) is 3.00. The van der Waals surface area contributed by atoms with E-state index in [1.165, 1.54) is 17.7 Å². The second-order valence-electron chi connectivity index (χ2n) is 5.46. The van der Waals surface area contributed by atoms with Crippen LogP contribution >= 0.6 is 11.3 Å². The lowest BCUT2D eigenvalue weighted by Gasteiger charge is -2.16. The van der Waals surface area contributed by atoms with Gasteiger partial charge in [-0.15, -0.1) is 11.3 Å². The highest BCUT2D eigenvalue weighted by Gasteiger charge is 2.17. The summed E-state index contributed by atoms with van der Waals surface area (Å²) in [6, 6.07) is 7.25. The molecule has 1 saturated heterocycles. The Labute approximate surface area is 142 Å². The molecule has 1 aliphatic rings. The second-order valence-corrected chi connectivity index (χ2v) is 6.41. The summed E-state index contributed by atoms with van der Waals surface area (Å²) >= 11 is 1.53. The first-order valence-electron chi connectivity index (χ1n) is 7.68. The van der Waals surface area contributed by atoms with Crippen LogP contribution in [0.3, 0.4) is 0 Å². The molecule has 0 spiro atoms. The molecule has 8 heteroatoms.